The normalized spacial score (nSPS) is 12.6. The zero-order valence-electron chi connectivity index (χ0n) is 13.7. The Morgan fingerprint density at radius 1 is 1.15 bits per heavy atom. The molecule has 0 aliphatic carbocycles. The number of hydrogen-bond donors (Lipinski definition) is 3. The number of nitrogens with one attached hydrogen (secondary N) is 2. The van der Waals surface area contributed by atoms with Crippen molar-refractivity contribution < 1.29 is 33.4 Å². The van der Waals surface area contributed by atoms with E-state index in [1.54, 1.807) is 18.2 Å². The van der Waals surface area contributed by atoms with Gasteiger partial charge in [-0.2, -0.15) is 0 Å². The van der Waals surface area contributed by atoms with Crippen molar-refractivity contribution in [1.82, 2.24) is 10.6 Å². The van der Waals surface area contributed by atoms with E-state index in [1.165, 1.54) is 18.2 Å². The van der Waals surface area contributed by atoms with Crippen molar-refractivity contribution >= 4 is 39.8 Å². The standard InChI is InChI=1S/C17H13BrN2O7/c18-14-4-3-12(27-14)17(24)20-10(16(23)19-7-15(21)22)5-9-1-2-11-13(6-9)26-8-25-11/h1-6H,7-8H2,(H,19,23)(H,20,24)(H,21,22). The molecule has 2 amide bonds. The highest BCUT2D eigenvalue weighted by Gasteiger charge is 2.19. The molecule has 27 heavy (non-hydrogen) atoms. The molecule has 140 valence electrons. The Bertz CT molecular complexity index is 935. The molecule has 1 aromatic carbocycles. The number of carbonyl (C=O) groups is 3. The molecule has 9 nitrogen and oxygen atoms in total. The van der Waals surface area contributed by atoms with Crippen LogP contribution in [0.3, 0.4) is 0 Å². The fourth-order valence-corrected chi connectivity index (χ4v) is 2.51. The summed E-state index contributed by atoms with van der Waals surface area (Å²) in [7, 11) is 0. The van der Waals surface area contributed by atoms with Gasteiger partial charge in [-0.05, 0) is 51.8 Å². The minimum atomic E-state index is -1.22. The fourth-order valence-electron chi connectivity index (χ4n) is 2.20. The predicted octanol–water partition coefficient (Wildman–Crippen LogP) is 1.74. The van der Waals surface area contributed by atoms with Crippen LogP contribution in [0.25, 0.3) is 6.08 Å². The fraction of sp³-hybridized carbons (Fsp3) is 0.118. The van der Waals surface area contributed by atoms with Crippen LogP contribution in [0.4, 0.5) is 0 Å². The van der Waals surface area contributed by atoms with Gasteiger partial charge in [-0.1, -0.05) is 6.07 Å². The van der Waals surface area contributed by atoms with Crippen LogP contribution in [0.5, 0.6) is 11.5 Å². The summed E-state index contributed by atoms with van der Waals surface area (Å²) < 4.78 is 16.0. The van der Waals surface area contributed by atoms with Crippen molar-refractivity contribution in [3.05, 3.63) is 52.0 Å². The van der Waals surface area contributed by atoms with Gasteiger partial charge in [0.2, 0.25) is 6.79 Å². The molecule has 0 spiro atoms. The van der Waals surface area contributed by atoms with Gasteiger partial charge in [-0.25, -0.2) is 0 Å². The van der Waals surface area contributed by atoms with E-state index in [-0.39, 0.29) is 18.3 Å². The van der Waals surface area contributed by atoms with E-state index in [0.717, 1.165) is 0 Å². The second kappa shape index (κ2) is 7.96. The first kappa shape index (κ1) is 18.5. The van der Waals surface area contributed by atoms with E-state index in [4.69, 9.17) is 19.0 Å². The smallest absolute Gasteiger partial charge is 0.322 e. The molecule has 0 radical (unpaired) electrons. The zero-order chi connectivity index (χ0) is 19.4. The van der Waals surface area contributed by atoms with Gasteiger partial charge in [0.25, 0.3) is 11.8 Å². The lowest BCUT2D eigenvalue weighted by molar-refractivity contribution is -0.137. The molecular weight excluding hydrogens is 424 g/mol. The van der Waals surface area contributed by atoms with Crippen LogP contribution in [-0.2, 0) is 9.59 Å². The Balaban J connectivity index is 1.85. The summed E-state index contributed by atoms with van der Waals surface area (Å²) in [4.78, 5) is 35.3. The van der Waals surface area contributed by atoms with Crippen LogP contribution in [0.2, 0.25) is 0 Å². The van der Waals surface area contributed by atoms with Crippen LogP contribution in [0, 0.1) is 0 Å². The quantitative estimate of drug-likeness (QED) is 0.588. The Morgan fingerprint density at radius 3 is 2.63 bits per heavy atom. The maximum absolute atomic E-state index is 12.3. The number of amides is 2. The molecule has 3 rings (SSSR count). The SMILES string of the molecule is O=C(O)CNC(=O)C(=Cc1ccc2c(c1)OCO2)NC(=O)c1ccc(Br)o1. The highest BCUT2D eigenvalue weighted by Crippen LogP contribution is 2.33. The summed E-state index contributed by atoms with van der Waals surface area (Å²) >= 11 is 3.09. The predicted molar refractivity (Wildman–Crippen MR) is 95.1 cm³/mol. The first-order chi connectivity index (χ1) is 12.9. The third kappa shape index (κ3) is 4.67. The van der Waals surface area contributed by atoms with Gasteiger partial charge in [0.1, 0.15) is 12.2 Å². The maximum atomic E-state index is 12.3. The molecule has 1 aliphatic rings. The highest BCUT2D eigenvalue weighted by atomic mass is 79.9. The van der Waals surface area contributed by atoms with Gasteiger partial charge >= 0.3 is 5.97 Å². The van der Waals surface area contributed by atoms with Gasteiger partial charge in [0, 0.05) is 0 Å². The van der Waals surface area contributed by atoms with E-state index < -0.39 is 24.3 Å². The molecule has 0 atom stereocenters. The molecule has 0 unspecified atom stereocenters. The number of rotatable bonds is 6. The third-order valence-electron chi connectivity index (χ3n) is 3.40. The van der Waals surface area contributed by atoms with E-state index >= 15 is 0 Å². The van der Waals surface area contributed by atoms with Gasteiger partial charge < -0.3 is 29.6 Å². The van der Waals surface area contributed by atoms with Crippen molar-refractivity contribution in [3.63, 3.8) is 0 Å². The average molecular weight is 437 g/mol. The molecule has 1 aliphatic heterocycles. The first-order valence-electron chi connectivity index (χ1n) is 7.60. The summed E-state index contributed by atoms with van der Waals surface area (Å²) in [5, 5.41) is 13.3. The molecule has 0 saturated carbocycles. The number of benzene rings is 1. The first-order valence-corrected chi connectivity index (χ1v) is 8.39. The van der Waals surface area contributed by atoms with Crippen molar-refractivity contribution in [2.24, 2.45) is 0 Å². The molecule has 0 fully saturated rings. The lowest BCUT2D eigenvalue weighted by atomic mass is 10.1. The number of halogens is 1. The van der Waals surface area contributed by atoms with Crippen LogP contribution < -0.4 is 20.1 Å². The molecule has 0 saturated heterocycles. The van der Waals surface area contributed by atoms with Crippen molar-refractivity contribution in [2.75, 3.05) is 13.3 Å². The van der Waals surface area contributed by atoms with Crippen molar-refractivity contribution in [3.8, 4) is 11.5 Å². The number of fused-ring (bicyclic) bond motifs is 1. The summed E-state index contributed by atoms with van der Waals surface area (Å²) in [5.41, 5.74) is 0.383. The number of carbonyl (C=O) groups excluding carboxylic acids is 2. The average Bonchev–Trinajstić information content (AvgIpc) is 3.27. The summed E-state index contributed by atoms with van der Waals surface area (Å²) in [5.74, 6) is -1.62. The summed E-state index contributed by atoms with van der Waals surface area (Å²) in [6.07, 6.45) is 1.38. The topological polar surface area (TPSA) is 127 Å². The van der Waals surface area contributed by atoms with Gasteiger partial charge in [0.05, 0.1) is 0 Å². The monoisotopic (exact) mass is 436 g/mol. The summed E-state index contributed by atoms with van der Waals surface area (Å²) in [6, 6.07) is 7.90. The lowest BCUT2D eigenvalue weighted by Gasteiger charge is -2.09. The highest BCUT2D eigenvalue weighted by molar-refractivity contribution is 9.10. The van der Waals surface area contributed by atoms with E-state index in [1.807, 2.05) is 0 Å². The second-order valence-corrected chi connectivity index (χ2v) is 6.09. The van der Waals surface area contributed by atoms with Crippen LogP contribution in [-0.4, -0.2) is 36.2 Å². The lowest BCUT2D eigenvalue weighted by Crippen LogP contribution is -2.37. The molecule has 3 N–H and O–H groups in total. The molecule has 10 heteroatoms. The van der Waals surface area contributed by atoms with Gasteiger partial charge in [0.15, 0.2) is 21.9 Å². The number of ether oxygens (including phenoxy) is 2. The minimum absolute atomic E-state index is 0.0236. The number of carboxylic acids is 1. The number of aliphatic carboxylic acids is 1. The Morgan fingerprint density at radius 2 is 1.93 bits per heavy atom. The van der Waals surface area contributed by atoms with Gasteiger partial charge in [-0.15, -0.1) is 0 Å². The second-order valence-electron chi connectivity index (χ2n) is 5.31. The Hall–Kier alpha value is -3.27. The Kier molecular flexibility index (Phi) is 5.46. The van der Waals surface area contributed by atoms with Crippen molar-refractivity contribution in [2.45, 2.75) is 0 Å². The van der Waals surface area contributed by atoms with Crippen LogP contribution >= 0.6 is 15.9 Å². The number of furan rings is 1. The Labute approximate surface area is 161 Å². The zero-order valence-corrected chi connectivity index (χ0v) is 15.2. The maximum Gasteiger partial charge on any atom is 0.322 e. The van der Waals surface area contributed by atoms with E-state index in [2.05, 4.69) is 26.6 Å². The molecule has 2 heterocycles. The molecular formula is C17H13BrN2O7. The van der Waals surface area contributed by atoms with Crippen molar-refractivity contribution in [1.29, 1.82) is 0 Å². The van der Waals surface area contributed by atoms with Gasteiger partial charge in [-0.3, -0.25) is 14.4 Å². The third-order valence-corrected chi connectivity index (χ3v) is 3.82. The van der Waals surface area contributed by atoms with E-state index in [9.17, 15) is 14.4 Å². The van der Waals surface area contributed by atoms with E-state index in [0.29, 0.717) is 21.7 Å². The van der Waals surface area contributed by atoms with Crippen LogP contribution in [0.1, 0.15) is 16.1 Å². The molecule has 0 bridgehead atoms. The summed E-state index contributed by atoms with van der Waals surface area (Å²) in [6.45, 7) is -0.502. The largest absolute Gasteiger partial charge is 0.480 e. The van der Waals surface area contributed by atoms with Crippen LogP contribution in [0.15, 0.2) is 45.1 Å². The molecule has 2 aromatic rings. The number of hydrogen-bond acceptors (Lipinski definition) is 6. The number of carboxylic acid groups (broad SMARTS) is 1. The molecule has 1 aromatic heterocycles. The minimum Gasteiger partial charge on any atom is -0.480 e.